The molecule has 0 aliphatic heterocycles. The van der Waals surface area contributed by atoms with E-state index < -0.39 is 0 Å². The average molecular weight is 395 g/mol. The molecule has 0 aliphatic carbocycles. The van der Waals surface area contributed by atoms with Crippen LogP contribution in [0.3, 0.4) is 0 Å². The lowest BCUT2D eigenvalue weighted by molar-refractivity contribution is -0.120. The maximum Gasteiger partial charge on any atom is 0.233 e. The first-order chi connectivity index (χ1) is 13.7. The zero-order valence-electron chi connectivity index (χ0n) is 15.8. The smallest absolute Gasteiger partial charge is 0.233 e. The predicted octanol–water partition coefficient (Wildman–Crippen LogP) is 3.78. The molecule has 2 N–H and O–H groups in total. The van der Waals surface area contributed by atoms with Gasteiger partial charge in [0.1, 0.15) is 11.6 Å². The highest BCUT2D eigenvalue weighted by Gasteiger charge is 2.17. The van der Waals surface area contributed by atoms with Crippen molar-refractivity contribution in [2.45, 2.75) is 23.9 Å². The number of thioether (sulfide) groups is 1. The highest BCUT2D eigenvalue weighted by molar-refractivity contribution is 8.00. The monoisotopic (exact) mass is 394 g/mol. The van der Waals surface area contributed by atoms with Crippen LogP contribution in [0.25, 0.3) is 12.2 Å². The number of aromatic nitrogens is 3. The molecular formula is C21H22N4O2S. The van der Waals surface area contributed by atoms with Gasteiger partial charge in [-0.3, -0.25) is 9.89 Å². The standard InChI is InChI=1S/C21H22N4O2S/c1-15(20(26)22-14-17-10-6-7-11-18(17)27-2)28-21-23-19(24-25-21)13-12-16-8-4-3-5-9-16/h3-13,15H,14H2,1-2H3,(H,22,26)(H,23,24,25)/b13-12+. The van der Waals surface area contributed by atoms with E-state index in [4.69, 9.17) is 4.74 Å². The molecule has 0 saturated heterocycles. The van der Waals surface area contributed by atoms with E-state index in [1.54, 1.807) is 7.11 Å². The molecule has 144 valence electrons. The number of ether oxygens (including phenoxy) is 1. The van der Waals surface area contributed by atoms with Crippen molar-refractivity contribution in [2.24, 2.45) is 0 Å². The lowest BCUT2D eigenvalue weighted by Gasteiger charge is -2.12. The summed E-state index contributed by atoms with van der Waals surface area (Å²) < 4.78 is 5.30. The topological polar surface area (TPSA) is 79.9 Å². The molecule has 3 rings (SSSR count). The van der Waals surface area contributed by atoms with Crippen LogP contribution in [0.15, 0.2) is 59.8 Å². The number of benzene rings is 2. The van der Waals surface area contributed by atoms with Gasteiger partial charge in [0.25, 0.3) is 0 Å². The van der Waals surface area contributed by atoms with E-state index in [0.29, 0.717) is 17.5 Å². The molecule has 2 aromatic carbocycles. The van der Waals surface area contributed by atoms with Crippen molar-refractivity contribution in [1.29, 1.82) is 0 Å². The zero-order chi connectivity index (χ0) is 19.8. The van der Waals surface area contributed by atoms with Gasteiger partial charge in [-0.2, -0.15) is 0 Å². The first kappa shape index (κ1) is 19.7. The Morgan fingerprint density at radius 2 is 1.93 bits per heavy atom. The Labute approximate surface area is 168 Å². The molecule has 1 heterocycles. The molecule has 28 heavy (non-hydrogen) atoms. The van der Waals surface area contributed by atoms with Crippen molar-refractivity contribution in [3.63, 3.8) is 0 Å². The first-order valence-corrected chi connectivity index (χ1v) is 9.75. The Balaban J connectivity index is 1.53. The van der Waals surface area contributed by atoms with E-state index in [2.05, 4.69) is 20.5 Å². The molecule has 6 nitrogen and oxygen atoms in total. The summed E-state index contributed by atoms with van der Waals surface area (Å²) in [7, 11) is 1.62. The van der Waals surface area contributed by atoms with Gasteiger partial charge in [-0.25, -0.2) is 4.98 Å². The first-order valence-electron chi connectivity index (χ1n) is 8.87. The Morgan fingerprint density at radius 1 is 1.18 bits per heavy atom. The number of hydrogen-bond acceptors (Lipinski definition) is 5. The van der Waals surface area contributed by atoms with Crippen LogP contribution in [0, 0.1) is 0 Å². The molecule has 0 bridgehead atoms. The minimum Gasteiger partial charge on any atom is -0.496 e. The molecular weight excluding hydrogens is 372 g/mol. The normalized spacial score (nSPS) is 12.1. The lowest BCUT2D eigenvalue weighted by Crippen LogP contribution is -2.30. The third kappa shape index (κ3) is 5.47. The molecule has 7 heteroatoms. The number of amides is 1. The largest absolute Gasteiger partial charge is 0.496 e. The number of methoxy groups -OCH3 is 1. The van der Waals surface area contributed by atoms with E-state index in [1.807, 2.05) is 73.7 Å². The third-order valence-electron chi connectivity index (χ3n) is 4.01. The summed E-state index contributed by atoms with van der Waals surface area (Å²) in [5, 5.41) is 10.2. The van der Waals surface area contributed by atoms with Crippen molar-refractivity contribution in [3.05, 3.63) is 71.5 Å². The Kier molecular flexibility index (Phi) is 6.86. The zero-order valence-corrected chi connectivity index (χ0v) is 16.6. The Hall–Kier alpha value is -3.06. The highest BCUT2D eigenvalue weighted by atomic mass is 32.2. The molecule has 0 aliphatic rings. The maximum atomic E-state index is 12.4. The van der Waals surface area contributed by atoms with E-state index in [0.717, 1.165) is 16.9 Å². The minimum atomic E-state index is -0.323. The number of rotatable bonds is 8. The van der Waals surface area contributed by atoms with Gasteiger partial charge in [-0.1, -0.05) is 66.4 Å². The summed E-state index contributed by atoms with van der Waals surface area (Å²) >= 11 is 1.31. The second-order valence-electron chi connectivity index (χ2n) is 6.04. The summed E-state index contributed by atoms with van der Waals surface area (Å²) in [6.07, 6.45) is 3.82. The fourth-order valence-electron chi connectivity index (χ4n) is 2.51. The number of aromatic amines is 1. The van der Waals surface area contributed by atoms with Crippen molar-refractivity contribution in [3.8, 4) is 5.75 Å². The number of hydrogen-bond donors (Lipinski definition) is 2. The van der Waals surface area contributed by atoms with Crippen LogP contribution in [-0.4, -0.2) is 33.4 Å². The Morgan fingerprint density at radius 3 is 2.71 bits per heavy atom. The maximum absolute atomic E-state index is 12.4. The molecule has 1 atom stereocenters. The van der Waals surface area contributed by atoms with Crippen molar-refractivity contribution in [1.82, 2.24) is 20.5 Å². The van der Waals surface area contributed by atoms with Crippen LogP contribution in [-0.2, 0) is 11.3 Å². The van der Waals surface area contributed by atoms with Crippen LogP contribution in [0.2, 0.25) is 0 Å². The van der Waals surface area contributed by atoms with Crippen LogP contribution in [0.4, 0.5) is 0 Å². The summed E-state index contributed by atoms with van der Waals surface area (Å²) in [5.74, 6) is 1.32. The number of H-pyrrole nitrogens is 1. The van der Waals surface area contributed by atoms with Gasteiger partial charge in [0.05, 0.1) is 12.4 Å². The van der Waals surface area contributed by atoms with E-state index >= 15 is 0 Å². The number of carbonyl (C=O) groups excluding carboxylic acids is 1. The molecule has 0 saturated carbocycles. The molecule has 1 unspecified atom stereocenters. The summed E-state index contributed by atoms with van der Waals surface area (Å²) in [6, 6.07) is 17.6. The third-order valence-corrected chi connectivity index (χ3v) is 4.97. The fraction of sp³-hybridized carbons (Fsp3) is 0.190. The fourth-order valence-corrected chi connectivity index (χ4v) is 3.27. The van der Waals surface area contributed by atoms with Crippen LogP contribution in [0.5, 0.6) is 5.75 Å². The van der Waals surface area contributed by atoms with Crippen LogP contribution < -0.4 is 10.1 Å². The van der Waals surface area contributed by atoms with E-state index in [9.17, 15) is 4.79 Å². The van der Waals surface area contributed by atoms with Crippen LogP contribution >= 0.6 is 11.8 Å². The highest BCUT2D eigenvalue weighted by Crippen LogP contribution is 2.21. The van der Waals surface area contributed by atoms with Crippen molar-refractivity contribution < 1.29 is 9.53 Å². The minimum absolute atomic E-state index is 0.0814. The number of nitrogens with one attached hydrogen (secondary N) is 2. The van der Waals surface area contributed by atoms with Gasteiger partial charge in [-0.15, -0.1) is 5.10 Å². The second kappa shape index (κ2) is 9.75. The Bertz CT molecular complexity index is 940. The summed E-state index contributed by atoms with van der Waals surface area (Å²) in [5.41, 5.74) is 2.01. The SMILES string of the molecule is COc1ccccc1CNC(=O)C(C)Sc1n[nH]c(/C=C/c2ccccc2)n1. The molecule has 0 fully saturated rings. The van der Waals surface area contributed by atoms with E-state index in [-0.39, 0.29) is 11.2 Å². The van der Waals surface area contributed by atoms with Gasteiger partial charge < -0.3 is 10.1 Å². The van der Waals surface area contributed by atoms with E-state index in [1.165, 1.54) is 11.8 Å². The van der Waals surface area contributed by atoms with Crippen molar-refractivity contribution >= 4 is 29.8 Å². The molecule has 1 amide bonds. The number of carbonyl (C=O) groups is 1. The van der Waals surface area contributed by atoms with Gasteiger partial charge in [0.15, 0.2) is 0 Å². The second-order valence-corrected chi connectivity index (χ2v) is 7.34. The molecule has 0 spiro atoms. The number of nitrogens with zero attached hydrogens (tertiary/aromatic N) is 2. The van der Waals surface area contributed by atoms with Gasteiger partial charge in [0, 0.05) is 12.1 Å². The number of para-hydroxylation sites is 1. The van der Waals surface area contributed by atoms with Gasteiger partial charge in [0.2, 0.25) is 11.1 Å². The van der Waals surface area contributed by atoms with Gasteiger partial charge in [-0.05, 0) is 24.6 Å². The van der Waals surface area contributed by atoms with Crippen LogP contribution in [0.1, 0.15) is 23.9 Å². The summed E-state index contributed by atoms with van der Waals surface area (Å²) in [4.78, 5) is 16.8. The quantitative estimate of drug-likeness (QED) is 0.569. The molecule has 1 aromatic heterocycles. The average Bonchev–Trinajstić information content (AvgIpc) is 3.18. The molecule has 0 radical (unpaired) electrons. The molecule has 3 aromatic rings. The van der Waals surface area contributed by atoms with Gasteiger partial charge >= 0.3 is 0 Å². The summed E-state index contributed by atoms with van der Waals surface area (Å²) in [6.45, 7) is 2.24. The lowest BCUT2D eigenvalue weighted by atomic mass is 10.2. The predicted molar refractivity (Wildman–Crippen MR) is 112 cm³/mol. The van der Waals surface area contributed by atoms with Crippen molar-refractivity contribution in [2.75, 3.05) is 7.11 Å².